The molecule has 1 N–H and O–H groups in total. The van der Waals surface area contributed by atoms with Gasteiger partial charge in [0.05, 0.1) is 12.4 Å². The first-order valence-corrected chi connectivity index (χ1v) is 6.00. The van der Waals surface area contributed by atoms with Gasteiger partial charge in [0.15, 0.2) is 0 Å². The highest BCUT2D eigenvalue weighted by Gasteiger charge is 2.15. The van der Waals surface area contributed by atoms with Crippen molar-refractivity contribution in [3.05, 3.63) is 12.4 Å². The van der Waals surface area contributed by atoms with Crippen LogP contribution < -0.4 is 5.32 Å². The van der Waals surface area contributed by atoms with E-state index in [2.05, 4.69) is 15.3 Å². The summed E-state index contributed by atoms with van der Waals surface area (Å²) < 4.78 is 5.32. The number of ether oxygens (including phenoxy) is 1. The van der Waals surface area contributed by atoms with Gasteiger partial charge in [-0.15, -0.1) is 11.8 Å². The highest BCUT2D eigenvalue weighted by molar-refractivity contribution is 7.99. The maximum absolute atomic E-state index is 5.32. The molecule has 5 heteroatoms. The van der Waals surface area contributed by atoms with Crippen LogP contribution in [0.3, 0.4) is 0 Å². The minimum absolute atomic E-state index is 0.625. The molecular formula is C10H15N3OS. The molecule has 0 bridgehead atoms. The minimum atomic E-state index is 0.625. The first kappa shape index (κ1) is 10.7. The van der Waals surface area contributed by atoms with E-state index in [1.807, 2.05) is 13.2 Å². The second-order valence-corrected chi connectivity index (χ2v) is 4.74. The number of anilines is 1. The molecule has 1 aromatic rings. The van der Waals surface area contributed by atoms with Gasteiger partial charge in [0.25, 0.3) is 0 Å². The van der Waals surface area contributed by atoms with E-state index in [9.17, 15) is 0 Å². The molecular weight excluding hydrogens is 210 g/mol. The Morgan fingerprint density at radius 3 is 2.93 bits per heavy atom. The Kier molecular flexibility index (Phi) is 3.80. The van der Waals surface area contributed by atoms with Crippen molar-refractivity contribution in [1.29, 1.82) is 0 Å². The van der Waals surface area contributed by atoms with Crippen molar-refractivity contribution in [2.24, 2.45) is 0 Å². The molecule has 1 saturated heterocycles. The molecule has 4 nitrogen and oxygen atoms in total. The fourth-order valence-corrected chi connectivity index (χ4v) is 2.53. The fraction of sp³-hybridized carbons (Fsp3) is 0.600. The molecule has 0 aliphatic carbocycles. The average molecular weight is 225 g/mol. The van der Waals surface area contributed by atoms with Gasteiger partial charge in [-0.05, 0) is 12.8 Å². The summed E-state index contributed by atoms with van der Waals surface area (Å²) in [5, 5.41) is 4.61. The van der Waals surface area contributed by atoms with Crippen LogP contribution in [0.25, 0.3) is 0 Å². The van der Waals surface area contributed by atoms with Crippen molar-refractivity contribution in [2.75, 3.05) is 25.6 Å². The molecule has 2 heterocycles. The molecule has 0 aromatic carbocycles. The van der Waals surface area contributed by atoms with Crippen molar-refractivity contribution >= 4 is 17.6 Å². The van der Waals surface area contributed by atoms with Gasteiger partial charge in [-0.2, -0.15) is 0 Å². The zero-order valence-corrected chi connectivity index (χ0v) is 9.59. The van der Waals surface area contributed by atoms with E-state index < -0.39 is 0 Å². The Labute approximate surface area is 93.8 Å². The summed E-state index contributed by atoms with van der Waals surface area (Å²) in [6, 6.07) is 0. The lowest BCUT2D eigenvalue weighted by atomic mass is 10.2. The van der Waals surface area contributed by atoms with Crippen LogP contribution in [0, 0.1) is 0 Å². The van der Waals surface area contributed by atoms with Crippen molar-refractivity contribution in [2.45, 2.75) is 23.1 Å². The largest absolute Gasteiger partial charge is 0.381 e. The molecule has 15 heavy (non-hydrogen) atoms. The third-order valence-electron chi connectivity index (χ3n) is 2.32. The lowest BCUT2D eigenvalue weighted by molar-refractivity contribution is 0.1000. The topological polar surface area (TPSA) is 47.0 Å². The van der Waals surface area contributed by atoms with E-state index >= 15 is 0 Å². The molecule has 0 unspecified atom stereocenters. The number of aromatic nitrogens is 2. The molecule has 1 aliphatic heterocycles. The standard InChI is InChI=1S/C10H15N3OS/c1-11-9-6-12-7-10(13-9)15-8-2-4-14-5-3-8/h6-8H,2-5H2,1H3,(H,11,13). The molecule has 0 spiro atoms. The highest BCUT2D eigenvalue weighted by atomic mass is 32.2. The Bertz CT molecular complexity index is 315. The summed E-state index contributed by atoms with van der Waals surface area (Å²) in [4.78, 5) is 8.58. The monoisotopic (exact) mass is 225 g/mol. The first-order chi connectivity index (χ1) is 7.38. The molecule has 2 rings (SSSR count). The number of rotatable bonds is 3. The number of hydrogen-bond acceptors (Lipinski definition) is 5. The number of thioether (sulfide) groups is 1. The van der Waals surface area contributed by atoms with Crippen LogP contribution in [0.5, 0.6) is 0 Å². The van der Waals surface area contributed by atoms with Crippen molar-refractivity contribution in [1.82, 2.24) is 9.97 Å². The lowest BCUT2D eigenvalue weighted by Crippen LogP contribution is -2.17. The predicted octanol–water partition coefficient (Wildman–Crippen LogP) is 1.79. The normalized spacial score (nSPS) is 17.7. The Morgan fingerprint density at radius 1 is 1.40 bits per heavy atom. The second kappa shape index (κ2) is 5.32. The van der Waals surface area contributed by atoms with Crippen LogP contribution in [0.4, 0.5) is 5.82 Å². The Morgan fingerprint density at radius 2 is 2.20 bits per heavy atom. The van der Waals surface area contributed by atoms with E-state index in [1.54, 1.807) is 18.0 Å². The number of nitrogens with zero attached hydrogens (tertiary/aromatic N) is 2. The summed E-state index contributed by atoms with van der Waals surface area (Å²) in [6.45, 7) is 1.74. The Balaban J connectivity index is 1.96. The number of hydrogen-bond donors (Lipinski definition) is 1. The molecule has 82 valence electrons. The van der Waals surface area contributed by atoms with E-state index in [4.69, 9.17) is 4.74 Å². The molecule has 1 fully saturated rings. The van der Waals surface area contributed by atoms with Gasteiger partial charge in [0, 0.05) is 25.5 Å². The molecule has 0 atom stereocenters. The van der Waals surface area contributed by atoms with E-state index in [0.717, 1.165) is 36.9 Å². The SMILES string of the molecule is CNc1cncc(SC2CCOCC2)n1. The van der Waals surface area contributed by atoms with Crippen LogP contribution in [0.15, 0.2) is 17.4 Å². The summed E-state index contributed by atoms with van der Waals surface area (Å²) in [6.07, 6.45) is 5.77. The third-order valence-corrected chi connectivity index (χ3v) is 3.57. The summed E-state index contributed by atoms with van der Waals surface area (Å²) >= 11 is 1.80. The maximum Gasteiger partial charge on any atom is 0.145 e. The van der Waals surface area contributed by atoms with Crippen LogP contribution in [0.1, 0.15) is 12.8 Å². The third kappa shape index (κ3) is 3.07. The van der Waals surface area contributed by atoms with Gasteiger partial charge in [0.1, 0.15) is 10.8 Å². The van der Waals surface area contributed by atoms with Gasteiger partial charge >= 0.3 is 0 Å². The van der Waals surface area contributed by atoms with Gasteiger partial charge < -0.3 is 10.1 Å². The molecule has 1 aromatic heterocycles. The smallest absolute Gasteiger partial charge is 0.145 e. The van der Waals surface area contributed by atoms with Gasteiger partial charge in [-0.1, -0.05) is 0 Å². The maximum atomic E-state index is 5.32. The summed E-state index contributed by atoms with van der Waals surface area (Å²) in [5.41, 5.74) is 0. The Hall–Kier alpha value is -0.810. The molecule has 0 saturated carbocycles. The van der Waals surface area contributed by atoms with Gasteiger partial charge in [0.2, 0.25) is 0 Å². The van der Waals surface area contributed by atoms with Crippen LogP contribution in [-0.2, 0) is 4.74 Å². The van der Waals surface area contributed by atoms with Crippen LogP contribution >= 0.6 is 11.8 Å². The average Bonchev–Trinajstić information content (AvgIpc) is 2.31. The summed E-state index contributed by atoms with van der Waals surface area (Å²) in [5.74, 6) is 0.826. The molecule has 0 radical (unpaired) electrons. The van der Waals surface area contributed by atoms with E-state index in [1.165, 1.54) is 0 Å². The quantitative estimate of drug-likeness (QED) is 0.849. The lowest BCUT2D eigenvalue weighted by Gasteiger charge is -2.20. The van der Waals surface area contributed by atoms with Crippen LogP contribution in [-0.4, -0.2) is 35.5 Å². The summed E-state index contributed by atoms with van der Waals surface area (Å²) in [7, 11) is 1.85. The van der Waals surface area contributed by atoms with Crippen molar-refractivity contribution in [3.63, 3.8) is 0 Å². The predicted molar refractivity (Wildman–Crippen MR) is 61.3 cm³/mol. The van der Waals surface area contributed by atoms with E-state index in [0.29, 0.717) is 5.25 Å². The van der Waals surface area contributed by atoms with Crippen molar-refractivity contribution in [3.8, 4) is 0 Å². The zero-order chi connectivity index (χ0) is 10.5. The zero-order valence-electron chi connectivity index (χ0n) is 8.77. The fourth-order valence-electron chi connectivity index (χ4n) is 1.49. The molecule has 0 amide bonds. The highest BCUT2D eigenvalue weighted by Crippen LogP contribution is 2.28. The molecule has 1 aliphatic rings. The van der Waals surface area contributed by atoms with Gasteiger partial charge in [-0.3, -0.25) is 4.98 Å². The number of nitrogens with one attached hydrogen (secondary N) is 1. The van der Waals surface area contributed by atoms with Crippen molar-refractivity contribution < 1.29 is 4.74 Å². The van der Waals surface area contributed by atoms with Gasteiger partial charge in [-0.25, -0.2) is 4.98 Å². The first-order valence-electron chi connectivity index (χ1n) is 5.12. The minimum Gasteiger partial charge on any atom is -0.381 e. The second-order valence-electron chi connectivity index (χ2n) is 3.42. The van der Waals surface area contributed by atoms with Crippen LogP contribution in [0.2, 0.25) is 0 Å². The van der Waals surface area contributed by atoms with E-state index in [-0.39, 0.29) is 0 Å².